The number of ether oxygens (including phenoxy) is 1. The molecular weight excluding hydrogens is 232 g/mol. The maximum absolute atomic E-state index is 11.5. The summed E-state index contributed by atoms with van der Waals surface area (Å²) < 4.78 is 5.07. The Hall–Kier alpha value is -1.56. The number of aromatic amines is 1. The van der Waals surface area contributed by atoms with Gasteiger partial charge in [0, 0.05) is 19.6 Å². The number of aromatic nitrogens is 2. The summed E-state index contributed by atoms with van der Waals surface area (Å²) in [5.74, 6) is 1.21. The maximum atomic E-state index is 11.5. The summed E-state index contributed by atoms with van der Waals surface area (Å²) in [4.78, 5) is 20.1. The molecule has 0 bridgehead atoms. The average molecular weight is 254 g/mol. The number of anilines is 1. The lowest BCUT2D eigenvalue weighted by Crippen LogP contribution is -2.32. The highest BCUT2D eigenvalue weighted by molar-refractivity contribution is 5.49. The van der Waals surface area contributed by atoms with Crippen molar-refractivity contribution < 1.29 is 4.74 Å². The Kier molecular flexibility index (Phi) is 5.15. The van der Waals surface area contributed by atoms with Gasteiger partial charge in [0.05, 0.1) is 13.4 Å². The first-order chi connectivity index (χ1) is 8.47. The largest absolute Gasteiger partial charge is 0.489 e. The Labute approximate surface area is 107 Å². The highest BCUT2D eigenvalue weighted by atomic mass is 16.5. The third kappa shape index (κ3) is 3.46. The zero-order valence-electron chi connectivity index (χ0n) is 11.4. The molecule has 0 amide bonds. The molecule has 0 fully saturated rings. The molecule has 0 aromatic carbocycles. The van der Waals surface area contributed by atoms with Gasteiger partial charge in [0.25, 0.3) is 5.56 Å². The fourth-order valence-electron chi connectivity index (χ4n) is 1.62. The van der Waals surface area contributed by atoms with E-state index >= 15 is 0 Å². The molecule has 1 heterocycles. The van der Waals surface area contributed by atoms with Crippen molar-refractivity contribution in [2.45, 2.75) is 26.3 Å². The molecule has 1 unspecified atom stereocenters. The monoisotopic (exact) mass is 254 g/mol. The van der Waals surface area contributed by atoms with Gasteiger partial charge >= 0.3 is 0 Å². The molecule has 0 aliphatic rings. The van der Waals surface area contributed by atoms with Crippen molar-refractivity contribution in [1.82, 2.24) is 9.97 Å². The number of H-pyrrole nitrogens is 1. The smallest absolute Gasteiger partial charge is 0.295 e. The quantitative estimate of drug-likeness (QED) is 0.776. The van der Waals surface area contributed by atoms with Crippen molar-refractivity contribution in [2.24, 2.45) is 11.7 Å². The summed E-state index contributed by atoms with van der Waals surface area (Å²) in [6, 6.07) is 0.139. The van der Waals surface area contributed by atoms with Gasteiger partial charge in [0.1, 0.15) is 0 Å². The molecule has 0 spiro atoms. The fraction of sp³-hybridized carbons (Fsp3) is 0.667. The number of nitrogens with one attached hydrogen (secondary N) is 1. The molecule has 0 aliphatic carbocycles. The molecule has 18 heavy (non-hydrogen) atoms. The van der Waals surface area contributed by atoms with E-state index in [1.165, 1.54) is 13.4 Å². The Morgan fingerprint density at radius 1 is 1.56 bits per heavy atom. The van der Waals surface area contributed by atoms with Crippen LogP contribution in [0, 0.1) is 5.92 Å². The SMILES string of the molecule is COc1c(N(C)CCC(N)C(C)C)nc[nH]c1=O. The summed E-state index contributed by atoms with van der Waals surface area (Å²) >= 11 is 0. The highest BCUT2D eigenvalue weighted by Crippen LogP contribution is 2.19. The fourth-order valence-corrected chi connectivity index (χ4v) is 1.62. The van der Waals surface area contributed by atoms with E-state index in [0.29, 0.717) is 11.7 Å². The molecule has 1 rings (SSSR count). The van der Waals surface area contributed by atoms with Gasteiger partial charge in [-0.1, -0.05) is 13.8 Å². The second kappa shape index (κ2) is 6.39. The van der Waals surface area contributed by atoms with Crippen LogP contribution < -0.4 is 20.9 Å². The summed E-state index contributed by atoms with van der Waals surface area (Å²) in [6.45, 7) is 4.92. The molecule has 0 aliphatic heterocycles. The van der Waals surface area contributed by atoms with Crippen LogP contribution in [0.5, 0.6) is 5.75 Å². The number of nitrogens with two attached hydrogens (primary N) is 1. The maximum Gasteiger partial charge on any atom is 0.295 e. The molecule has 102 valence electrons. The van der Waals surface area contributed by atoms with Crippen LogP contribution in [0.2, 0.25) is 0 Å². The summed E-state index contributed by atoms with van der Waals surface area (Å²) in [7, 11) is 3.33. The zero-order valence-corrected chi connectivity index (χ0v) is 11.4. The van der Waals surface area contributed by atoms with E-state index in [1.807, 2.05) is 11.9 Å². The van der Waals surface area contributed by atoms with Crippen molar-refractivity contribution in [3.05, 3.63) is 16.7 Å². The number of hydrogen-bond donors (Lipinski definition) is 2. The van der Waals surface area contributed by atoms with Gasteiger partial charge in [0.15, 0.2) is 5.82 Å². The topological polar surface area (TPSA) is 84.2 Å². The van der Waals surface area contributed by atoms with Crippen LogP contribution in [0.25, 0.3) is 0 Å². The molecule has 0 saturated carbocycles. The molecule has 0 saturated heterocycles. The van der Waals surface area contributed by atoms with Gasteiger partial charge in [-0.15, -0.1) is 0 Å². The number of hydrogen-bond acceptors (Lipinski definition) is 5. The van der Waals surface area contributed by atoms with Crippen molar-refractivity contribution in [3.8, 4) is 5.75 Å². The minimum atomic E-state index is -0.275. The first-order valence-corrected chi connectivity index (χ1v) is 6.05. The molecule has 0 radical (unpaired) electrons. The van der Waals surface area contributed by atoms with Crippen LogP contribution in [0.3, 0.4) is 0 Å². The normalized spacial score (nSPS) is 12.6. The lowest BCUT2D eigenvalue weighted by atomic mass is 10.0. The summed E-state index contributed by atoms with van der Waals surface area (Å²) in [5.41, 5.74) is 5.72. The highest BCUT2D eigenvalue weighted by Gasteiger charge is 2.15. The standard InChI is InChI=1S/C12H22N4O2/c1-8(2)9(13)5-6-16(3)11-10(18-4)12(17)15-7-14-11/h7-9H,5-6,13H2,1-4H3,(H,14,15,17). The van der Waals surface area contributed by atoms with Crippen molar-refractivity contribution >= 4 is 5.82 Å². The minimum absolute atomic E-state index is 0.139. The summed E-state index contributed by atoms with van der Waals surface area (Å²) in [5, 5.41) is 0. The minimum Gasteiger partial charge on any atom is -0.489 e. The van der Waals surface area contributed by atoms with Gasteiger partial charge < -0.3 is 20.4 Å². The van der Waals surface area contributed by atoms with E-state index in [-0.39, 0.29) is 17.4 Å². The zero-order chi connectivity index (χ0) is 13.7. The molecule has 6 heteroatoms. The number of methoxy groups -OCH3 is 1. The lowest BCUT2D eigenvalue weighted by molar-refractivity contribution is 0.405. The second-order valence-corrected chi connectivity index (χ2v) is 4.71. The van der Waals surface area contributed by atoms with Gasteiger partial charge in [-0.3, -0.25) is 4.79 Å². The van der Waals surface area contributed by atoms with Crippen LogP contribution >= 0.6 is 0 Å². The third-order valence-electron chi connectivity index (χ3n) is 3.01. The molecule has 3 N–H and O–H groups in total. The summed E-state index contributed by atoms with van der Waals surface area (Å²) in [6.07, 6.45) is 2.21. The predicted octanol–water partition coefficient (Wildman–Crippen LogP) is 0.588. The molecular formula is C12H22N4O2. The molecule has 1 aromatic rings. The molecule has 6 nitrogen and oxygen atoms in total. The van der Waals surface area contributed by atoms with E-state index in [0.717, 1.165) is 13.0 Å². The molecule has 1 atom stereocenters. The second-order valence-electron chi connectivity index (χ2n) is 4.71. The van der Waals surface area contributed by atoms with E-state index in [4.69, 9.17) is 10.5 Å². The van der Waals surface area contributed by atoms with Gasteiger partial charge in [0.2, 0.25) is 5.75 Å². The van der Waals surface area contributed by atoms with E-state index < -0.39 is 0 Å². The first-order valence-electron chi connectivity index (χ1n) is 6.05. The van der Waals surface area contributed by atoms with E-state index in [9.17, 15) is 4.79 Å². The Bertz CT molecular complexity index is 430. The van der Waals surface area contributed by atoms with Gasteiger partial charge in [-0.2, -0.15) is 0 Å². The number of nitrogens with zero attached hydrogens (tertiary/aromatic N) is 2. The van der Waals surface area contributed by atoms with Crippen molar-refractivity contribution in [2.75, 3.05) is 25.6 Å². The van der Waals surface area contributed by atoms with E-state index in [2.05, 4.69) is 23.8 Å². The van der Waals surface area contributed by atoms with Crippen LogP contribution in [0.1, 0.15) is 20.3 Å². The van der Waals surface area contributed by atoms with E-state index in [1.54, 1.807) is 0 Å². The first kappa shape index (κ1) is 14.5. The predicted molar refractivity (Wildman–Crippen MR) is 72.1 cm³/mol. The Morgan fingerprint density at radius 3 is 2.78 bits per heavy atom. The van der Waals surface area contributed by atoms with Gasteiger partial charge in [-0.25, -0.2) is 4.98 Å². The van der Waals surface area contributed by atoms with Gasteiger partial charge in [-0.05, 0) is 12.3 Å². The van der Waals surface area contributed by atoms with Crippen LogP contribution in [0.4, 0.5) is 5.82 Å². The van der Waals surface area contributed by atoms with Crippen LogP contribution in [-0.4, -0.2) is 36.7 Å². The Morgan fingerprint density at radius 2 is 2.22 bits per heavy atom. The average Bonchev–Trinajstić information content (AvgIpc) is 2.34. The Balaban J connectivity index is 2.75. The van der Waals surface area contributed by atoms with Crippen molar-refractivity contribution in [1.29, 1.82) is 0 Å². The third-order valence-corrected chi connectivity index (χ3v) is 3.01. The van der Waals surface area contributed by atoms with Crippen LogP contribution in [0.15, 0.2) is 11.1 Å². The lowest BCUT2D eigenvalue weighted by Gasteiger charge is -2.23. The number of rotatable bonds is 6. The van der Waals surface area contributed by atoms with Crippen LogP contribution in [-0.2, 0) is 0 Å². The van der Waals surface area contributed by atoms with Crippen molar-refractivity contribution in [3.63, 3.8) is 0 Å². The molecule has 1 aromatic heterocycles.